The Kier molecular flexibility index (Phi) is 1.60. The highest BCUT2D eigenvalue weighted by atomic mass is 16.7. The lowest BCUT2D eigenvalue weighted by Gasteiger charge is -2.30. The van der Waals surface area contributed by atoms with Crippen LogP contribution in [0.2, 0.25) is 0 Å². The molecule has 2 rings (SSSR count). The predicted molar refractivity (Wildman–Crippen MR) is 43.6 cm³/mol. The molecule has 0 aromatic carbocycles. The maximum Gasteiger partial charge on any atom is 0.155 e. The molecule has 2 aliphatic rings. The second kappa shape index (κ2) is 2.48. The van der Waals surface area contributed by atoms with Crippen molar-refractivity contribution in [3.8, 4) is 0 Å². The highest BCUT2D eigenvalue weighted by Crippen LogP contribution is 2.29. The van der Waals surface area contributed by atoms with Crippen LogP contribution in [0.3, 0.4) is 0 Å². The second-order valence-electron chi connectivity index (χ2n) is 3.56. The first-order valence-corrected chi connectivity index (χ1v) is 4.23. The van der Waals surface area contributed by atoms with Gasteiger partial charge in [-0.25, -0.2) is 0 Å². The second-order valence-corrected chi connectivity index (χ2v) is 3.56. The van der Waals surface area contributed by atoms with E-state index in [1.54, 1.807) is 0 Å². The normalized spacial score (nSPS) is 37.0. The third-order valence-electron chi connectivity index (χ3n) is 2.41. The molecular weight excluding hydrogens is 140 g/mol. The molecule has 2 aliphatic heterocycles. The lowest BCUT2D eigenvalue weighted by Crippen LogP contribution is -2.45. The van der Waals surface area contributed by atoms with E-state index in [4.69, 9.17) is 4.84 Å². The molecule has 0 aliphatic carbocycles. The van der Waals surface area contributed by atoms with Gasteiger partial charge in [-0.3, -0.25) is 0 Å². The first kappa shape index (κ1) is 7.10. The Morgan fingerprint density at radius 1 is 1.64 bits per heavy atom. The van der Waals surface area contributed by atoms with Crippen LogP contribution < -0.4 is 5.32 Å². The minimum atomic E-state index is 0.0301. The van der Waals surface area contributed by atoms with E-state index in [1.807, 2.05) is 6.92 Å². The maximum absolute atomic E-state index is 5.42. The van der Waals surface area contributed by atoms with Gasteiger partial charge in [0.15, 0.2) is 5.60 Å². The lowest BCUT2D eigenvalue weighted by molar-refractivity contribution is -0.0347. The van der Waals surface area contributed by atoms with E-state index in [-0.39, 0.29) is 5.60 Å². The molecular formula is C8H14N2O. The zero-order chi connectivity index (χ0) is 7.73. The fraction of sp³-hybridized carbons (Fsp3) is 0.875. The van der Waals surface area contributed by atoms with E-state index in [0.717, 1.165) is 31.6 Å². The predicted octanol–water partition coefficient (Wildman–Crippen LogP) is 0.905. The molecule has 0 radical (unpaired) electrons. The molecule has 0 bridgehead atoms. The van der Waals surface area contributed by atoms with Crippen LogP contribution in [-0.2, 0) is 4.84 Å². The van der Waals surface area contributed by atoms with Gasteiger partial charge in [-0.1, -0.05) is 5.16 Å². The van der Waals surface area contributed by atoms with Gasteiger partial charge in [-0.05, 0) is 26.3 Å². The van der Waals surface area contributed by atoms with Crippen LogP contribution in [0.5, 0.6) is 0 Å². The third-order valence-corrected chi connectivity index (χ3v) is 2.41. The summed E-state index contributed by atoms with van der Waals surface area (Å²) in [6.07, 6.45) is 3.38. The highest BCUT2D eigenvalue weighted by molar-refractivity contribution is 5.83. The topological polar surface area (TPSA) is 33.6 Å². The molecule has 1 fully saturated rings. The molecule has 62 valence electrons. The van der Waals surface area contributed by atoms with Crippen molar-refractivity contribution in [2.75, 3.05) is 13.1 Å². The Hall–Kier alpha value is -0.570. The van der Waals surface area contributed by atoms with Crippen molar-refractivity contribution < 1.29 is 4.84 Å². The summed E-state index contributed by atoms with van der Waals surface area (Å²) in [6.45, 7) is 4.13. The first-order chi connectivity index (χ1) is 5.31. The summed E-state index contributed by atoms with van der Waals surface area (Å²) in [5.41, 5.74) is 1.16. The third kappa shape index (κ3) is 1.25. The van der Waals surface area contributed by atoms with E-state index < -0.39 is 0 Å². The van der Waals surface area contributed by atoms with Gasteiger partial charge < -0.3 is 10.2 Å². The molecule has 1 N–H and O–H groups in total. The largest absolute Gasteiger partial charge is 0.388 e. The van der Waals surface area contributed by atoms with E-state index in [2.05, 4.69) is 10.5 Å². The molecule has 1 saturated heterocycles. The standard InChI is InChI=1S/C8H14N2O/c1-7-5-8(11-10-7)3-2-4-9-6-8/h9H,2-6H2,1H3. The van der Waals surface area contributed by atoms with Crippen LogP contribution in [0.15, 0.2) is 5.16 Å². The number of piperidine rings is 1. The minimum absolute atomic E-state index is 0.0301. The van der Waals surface area contributed by atoms with Crippen LogP contribution >= 0.6 is 0 Å². The number of nitrogens with one attached hydrogen (secondary N) is 1. The molecule has 11 heavy (non-hydrogen) atoms. The van der Waals surface area contributed by atoms with Crippen molar-refractivity contribution in [1.29, 1.82) is 0 Å². The fourth-order valence-electron chi connectivity index (χ4n) is 1.87. The molecule has 1 spiro atoms. The van der Waals surface area contributed by atoms with Gasteiger partial charge in [0, 0.05) is 13.0 Å². The smallest absolute Gasteiger partial charge is 0.155 e. The van der Waals surface area contributed by atoms with Crippen molar-refractivity contribution in [3.63, 3.8) is 0 Å². The van der Waals surface area contributed by atoms with E-state index in [9.17, 15) is 0 Å². The van der Waals surface area contributed by atoms with Gasteiger partial charge in [0.2, 0.25) is 0 Å². The van der Waals surface area contributed by atoms with Gasteiger partial charge in [0.05, 0.1) is 5.71 Å². The highest BCUT2D eigenvalue weighted by Gasteiger charge is 2.38. The van der Waals surface area contributed by atoms with Gasteiger partial charge in [0.25, 0.3) is 0 Å². The number of hydrogen-bond acceptors (Lipinski definition) is 3. The molecule has 0 aromatic rings. The van der Waals surface area contributed by atoms with Crippen molar-refractivity contribution in [3.05, 3.63) is 0 Å². The summed E-state index contributed by atoms with van der Waals surface area (Å²) >= 11 is 0. The van der Waals surface area contributed by atoms with Gasteiger partial charge in [-0.15, -0.1) is 0 Å². The Labute approximate surface area is 66.8 Å². The van der Waals surface area contributed by atoms with Crippen LogP contribution in [0.1, 0.15) is 26.2 Å². The molecule has 1 unspecified atom stereocenters. The SMILES string of the molecule is CC1=NOC2(CCCNC2)C1. The van der Waals surface area contributed by atoms with Gasteiger partial charge >= 0.3 is 0 Å². The number of hydrogen-bond donors (Lipinski definition) is 1. The van der Waals surface area contributed by atoms with Crippen molar-refractivity contribution in [2.24, 2.45) is 5.16 Å². The molecule has 0 aromatic heterocycles. The number of oxime groups is 1. The van der Waals surface area contributed by atoms with E-state index in [0.29, 0.717) is 0 Å². The molecule has 3 nitrogen and oxygen atoms in total. The minimum Gasteiger partial charge on any atom is -0.388 e. The monoisotopic (exact) mass is 154 g/mol. The van der Waals surface area contributed by atoms with E-state index >= 15 is 0 Å². The molecule has 1 atom stereocenters. The Morgan fingerprint density at radius 3 is 3.09 bits per heavy atom. The maximum atomic E-state index is 5.42. The summed E-state index contributed by atoms with van der Waals surface area (Å²) in [5, 5.41) is 7.33. The van der Waals surface area contributed by atoms with Crippen LogP contribution in [-0.4, -0.2) is 24.4 Å². The lowest BCUT2D eigenvalue weighted by atomic mass is 9.90. The van der Waals surface area contributed by atoms with Crippen molar-refractivity contribution in [1.82, 2.24) is 5.32 Å². The summed E-state index contributed by atoms with van der Waals surface area (Å²) in [5.74, 6) is 0. The fourth-order valence-corrected chi connectivity index (χ4v) is 1.87. The van der Waals surface area contributed by atoms with Gasteiger partial charge in [-0.2, -0.15) is 0 Å². The van der Waals surface area contributed by atoms with Crippen LogP contribution in [0.4, 0.5) is 0 Å². The van der Waals surface area contributed by atoms with Crippen molar-refractivity contribution in [2.45, 2.75) is 31.8 Å². The average Bonchev–Trinajstić information content (AvgIpc) is 2.34. The first-order valence-electron chi connectivity index (χ1n) is 4.23. The van der Waals surface area contributed by atoms with Gasteiger partial charge in [0.1, 0.15) is 0 Å². The zero-order valence-electron chi connectivity index (χ0n) is 6.89. The van der Waals surface area contributed by atoms with Crippen LogP contribution in [0, 0.1) is 0 Å². The number of nitrogens with zero attached hydrogens (tertiary/aromatic N) is 1. The summed E-state index contributed by atoms with van der Waals surface area (Å²) in [6, 6.07) is 0. The molecule has 3 heteroatoms. The molecule has 0 saturated carbocycles. The number of rotatable bonds is 0. The Bertz CT molecular complexity index is 183. The zero-order valence-corrected chi connectivity index (χ0v) is 6.89. The summed E-state index contributed by atoms with van der Waals surface area (Å²) in [4.78, 5) is 5.42. The summed E-state index contributed by atoms with van der Waals surface area (Å²) in [7, 11) is 0. The quantitative estimate of drug-likeness (QED) is 0.562. The summed E-state index contributed by atoms with van der Waals surface area (Å²) < 4.78 is 0. The average molecular weight is 154 g/mol. The van der Waals surface area contributed by atoms with E-state index in [1.165, 1.54) is 6.42 Å². The molecule has 0 amide bonds. The van der Waals surface area contributed by atoms with Crippen molar-refractivity contribution >= 4 is 5.71 Å². The molecule has 2 heterocycles. The Balaban J connectivity index is 2.01. The Morgan fingerprint density at radius 2 is 2.55 bits per heavy atom. The van der Waals surface area contributed by atoms with Crippen LogP contribution in [0.25, 0.3) is 0 Å².